The molecule has 0 spiro atoms. The summed E-state index contributed by atoms with van der Waals surface area (Å²) >= 11 is 0. The fourth-order valence-electron chi connectivity index (χ4n) is 2.74. The third-order valence-electron chi connectivity index (χ3n) is 4.02. The summed E-state index contributed by atoms with van der Waals surface area (Å²) in [6.07, 6.45) is 1.28. The predicted octanol–water partition coefficient (Wildman–Crippen LogP) is 4.01. The van der Waals surface area contributed by atoms with Gasteiger partial charge in [0.05, 0.1) is 21.3 Å². The Bertz CT molecular complexity index is 697. The van der Waals surface area contributed by atoms with Crippen LogP contribution in [0.4, 0.5) is 10.5 Å². The molecule has 0 aliphatic rings. The Morgan fingerprint density at radius 3 is 2.10 bits per heavy atom. The number of nitrogens with zero attached hydrogens (tertiary/aromatic N) is 1. The summed E-state index contributed by atoms with van der Waals surface area (Å²) in [5.41, 5.74) is 0.169. The molecule has 178 valence electrons. The van der Waals surface area contributed by atoms with Gasteiger partial charge in [0.15, 0.2) is 17.5 Å². The molecule has 0 aliphatic carbocycles. The summed E-state index contributed by atoms with van der Waals surface area (Å²) in [5, 5.41) is 9.33. The number of alkyl carbamates (subject to hydrolysis) is 1. The van der Waals surface area contributed by atoms with Crippen molar-refractivity contribution in [1.29, 1.82) is 0 Å². The number of ether oxygens (including phenoxy) is 4. The number of benzene rings is 1. The fourth-order valence-corrected chi connectivity index (χ4v) is 2.74. The third kappa shape index (κ3) is 10.2. The van der Waals surface area contributed by atoms with E-state index < -0.39 is 11.7 Å². The van der Waals surface area contributed by atoms with Crippen molar-refractivity contribution in [2.45, 2.75) is 52.2 Å². The lowest BCUT2D eigenvalue weighted by molar-refractivity contribution is 0.0502. The molecule has 0 bridgehead atoms. The minimum atomic E-state index is -0.543. The highest BCUT2D eigenvalue weighted by Gasteiger charge is 2.20. The van der Waals surface area contributed by atoms with Gasteiger partial charge in [-0.1, -0.05) is 13.3 Å². The molecular weight excluding hydrogens is 515 g/mol. The number of hydrogen-bond donors (Lipinski definition) is 3. The standard InChI is InChI=1S/C21H36N4O5.HI/c1-9-10-14(25-20(26)30-21(2,3)4)13-23-19(22-5)24-15-11-16(27-6)18(29-8)17(12-15)28-7;/h11-12,14H,9-10,13H2,1-8H3,(H,25,26)(H2,22,23,24);1H. The minimum absolute atomic E-state index is 0. The lowest BCUT2D eigenvalue weighted by Crippen LogP contribution is -2.46. The van der Waals surface area contributed by atoms with Gasteiger partial charge < -0.3 is 34.9 Å². The second-order valence-electron chi connectivity index (χ2n) is 7.62. The van der Waals surface area contributed by atoms with Gasteiger partial charge in [-0.15, -0.1) is 24.0 Å². The van der Waals surface area contributed by atoms with Crippen LogP contribution in [-0.4, -0.2) is 58.6 Å². The van der Waals surface area contributed by atoms with E-state index in [9.17, 15) is 4.79 Å². The number of carbonyl (C=O) groups is 1. The van der Waals surface area contributed by atoms with E-state index in [2.05, 4.69) is 27.9 Å². The van der Waals surface area contributed by atoms with Crippen LogP contribution in [0.3, 0.4) is 0 Å². The number of aliphatic imine (C=N–C) groups is 1. The molecule has 0 fully saturated rings. The van der Waals surface area contributed by atoms with E-state index >= 15 is 0 Å². The molecule has 0 heterocycles. The van der Waals surface area contributed by atoms with Crippen molar-refractivity contribution in [3.8, 4) is 17.2 Å². The maximum absolute atomic E-state index is 12.1. The molecule has 1 rings (SSSR count). The number of carbonyl (C=O) groups excluding carboxylic acids is 1. The normalized spacial score (nSPS) is 12.2. The average molecular weight is 552 g/mol. The third-order valence-corrected chi connectivity index (χ3v) is 4.02. The molecule has 0 radical (unpaired) electrons. The van der Waals surface area contributed by atoms with E-state index in [0.717, 1.165) is 12.8 Å². The fraction of sp³-hybridized carbons (Fsp3) is 0.619. The average Bonchev–Trinajstić information content (AvgIpc) is 2.68. The number of nitrogens with one attached hydrogen (secondary N) is 3. The zero-order valence-corrected chi connectivity index (χ0v) is 22.1. The Hall–Kier alpha value is -2.11. The Morgan fingerprint density at radius 1 is 1.10 bits per heavy atom. The van der Waals surface area contributed by atoms with Crippen LogP contribution in [0.5, 0.6) is 17.2 Å². The van der Waals surface area contributed by atoms with E-state index in [4.69, 9.17) is 18.9 Å². The molecule has 1 unspecified atom stereocenters. The Labute approximate surface area is 202 Å². The highest BCUT2D eigenvalue weighted by atomic mass is 127. The maximum Gasteiger partial charge on any atom is 0.407 e. The highest BCUT2D eigenvalue weighted by molar-refractivity contribution is 14.0. The first-order valence-electron chi connectivity index (χ1n) is 9.94. The number of guanidine groups is 1. The van der Waals surface area contributed by atoms with Crippen LogP contribution in [0.2, 0.25) is 0 Å². The van der Waals surface area contributed by atoms with Gasteiger partial charge in [0.1, 0.15) is 5.60 Å². The van der Waals surface area contributed by atoms with Gasteiger partial charge in [0.2, 0.25) is 5.75 Å². The molecule has 3 N–H and O–H groups in total. The molecule has 0 saturated carbocycles. The first-order chi connectivity index (χ1) is 14.2. The van der Waals surface area contributed by atoms with Crippen molar-refractivity contribution in [3.05, 3.63) is 12.1 Å². The number of amides is 1. The number of methoxy groups -OCH3 is 3. The van der Waals surface area contributed by atoms with E-state index in [0.29, 0.717) is 35.4 Å². The number of anilines is 1. The summed E-state index contributed by atoms with van der Waals surface area (Å²) in [6.45, 7) is 8.05. The SMILES string of the molecule is CCCC(CNC(=NC)Nc1cc(OC)c(OC)c(OC)c1)NC(=O)OC(C)(C)C.I. The molecule has 9 nitrogen and oxygen atoms in total. The van der Waals surface area contributed by atoms with E-state index in [1.807, 2.05) is 20.8 Å². The topological polar surface area (TPSA) is 102 Å². The van der Waals surface area contributed by atoms with Crippen molar-refractivity contribution >= 4 is 41.7 Å². The van der Waals surface area contributed by atoms with Crippen LogP contribution < -0.4 is 30.2 Å². The minimum Gasteiger partial charge on any atom is -0.493 e. The molecule has 1 atom stereocenters. The summed E-state index contributed by atoms with van der Waals surface area (Å²) in [4.78, 5) is 16.3. The van der Waals surface area contributed by atoms with Crippen LogP contribution in [0.15, 0.2) is 17.1 Å². The summed E-state index contributed by atoms with van der Waals surface area (Å²) < 4.78 is 21.5. The predicted molar refractivity (Wildman–Crippen MR) is 135 cm³/mol. The smallest absolute Gasteiger partial charge is 0.407 e. The first-order valence-corrected chi connectivity index (χ1v) is 9.94. The van der Waals surface area contributed by atoms with Gasteiger partial charge in [-0.3, -0.25) is 4.99 Å². The van der Waals surface area contributed by atoms with Crippen molar-refractivity contribution < 1.29 is 23.7 Å². The summed E-state index contributed by atoms with van der Waals surface area (Å²) in [7, 11) is 6.35. The highest BCUT2D eigenvalue weighted by Crippen LogP contribution is 2.39. The molecular formula is C21H37IN4O5. The van der Waals surface area contributed by atoms with Crippen molar-refractivity contribution in [2.75, 3.05) is 40.2 Å². The lowest BCUT2D eigenvalue weighted by Gasteiger charge is -2.24. The Kier molecular flexibility index (Phi) is 13.1. The van der Waals surface area contributed by atoms with E-state index in [1.165, 1.54) is 0 Å². The monoisotopic (exact) mass is 552 g/mol. The molecule has 1 amide bonds. The number of hydrogen-bond acceptors (Lipinski definition) is 6. The van der Waals surface area contributed by atoms with Gasteiger partial charge in [-0.25, -0.2) is 4.79 Å². The van der Waals surface area contributed by atoms with Gasteiger partial charge in [0.25, 0.3) is 0 Å². The van der Waals surface area contributed by atoms with Crippen LogP contribution in [-0.2, 0) is 4.74 Å². The Balaban J connectivity index is 0.00000900. The zero-order chi connectivity index (χ0) is 22.7. The molecule has 0 aliphatic heterocycles. The molecule has 31 heavy (non-hydrogen) atoms. The van der Waals surface area contributed by atoms with Gasteiger partial charge in [-0.05, 0) is 27.2 Å². The largest absolute Gasteiger partial charge is 0.493 e. The van der Waals surface area contributed by atoms with Crippen LogP contribution in [0, 0.1) is 0 Å². The van der Waals surface area contributed by atoms with E-state index in [-0.39, 0.29) is 30.0 Å². The lowest BCUT2D eigenvalue weighted by atomic mass is 10.1. The molecule has 0 aromatic heterocycles. The quantitative estimate of drug-likeness (QED) is 0.242. The van der Waals surface area contributed by atoms with Crippen LogP contribution >= 0.6 is 24.0 Å². The number of halogens is 1. The van der Waals surface area contributed by atoms with Crippen molar-refractivity contribution in [2.24, 2.45) is 4.99 Å². The Morgan fingerprint density at radius 2 is 1.68 bits per heavy atom. The van der Waals surface area contributed by atoms with Crippen LogP contribution in [0.1, 0.15) is 40.5 Å². The summed E-state index contributed by atoms with van der Waals surface area (Å²) in [5.74, 6) is 2.12. The zero-order valence-electron chi connectivity index (χ0n) is 19.8. The van der Waals surface area contributed by atoms with Gasteiger partial charge >= 0.3 is 6.09 Å². The molecule has 10 heteroatoms. The van der Waals surface area contributed by atoms with Crippen molar-refractivity contribution in [1.82, 2.24) is 10.6 Å². The summed E-state index contributed by atoms with van der Waals surface area (Å²) in [6, 6.07) is 3.47. The second-order valence-corrected chi connectivity index (χ2v) is 7.62. The van der Waals surface area contributed by atoms with Gasteiger partial charge in [-0.2, -0.15) is 0 Å². The first kappa shape index (κ1) is 28.9. The van der Waals surface area contributed by atoms with E-state index in [1.54, 1.807) is 40.5 Å². The molecule has 1 aromatic carbocycles. The van der Waals surface area contributed by atoms with Crippen molar-refractivity contribution in [3.63, 3.8) is 0 Å². The van der Waals surface area contributed by atoms with Gasteiger partial charge in [0, 0.05) is 37.5 Å². The number of rotatable bonds is 9. The van der Waals surface area contributed by atoms with Crippen LogP contribution in [0.25, 0.3) is 0 Å². The molecule has 1 aromatic rings. The molecule has 0 saturated heterocycles. The maximum atomic E-state index is 12.1. The second kappa shape index (κ2) is 14.0.